The van der Waals surface area contributed by atoms with Crippen molar-refractivity contribution in [2.45, 2.75) is 77.2 Å². The summed E-state index contributed by atoms with van der Waals surface area (Å²) < 4.78 is 8.87. The molecule has 5 aromatic rings. The van der Waals surface area contributed by atoms with Gasteiger partial charge in [-0.25, -0.2) is 19.1 Å². The fourth-order valence-electron chi connectivity index (χ4n) is 9.21. The molecule has 2 saturated carbocycles. The number of nitrogens with two attached hydrogens (primary N) is 1. The molecule has 2 aromatic carbocycles. The summed E-state index contributed by atoms with van der Waals surface area (Å²) in [7, 11) is 0. The minimum absolute atomic E-state index is 0.0226. The van der Waals surface area contributed by atoms with Crippen molar-refractivity contribution in [2.75, 3.05) is 25.4 Å². The Labute approximate surface area is 340 Å². The normalized spacial score (nSPS) is 22.4. The molecule has 2 unspecified atom stereocenters. The number of fused-ring (bicyclic) bond motifs is 1. The van der Waals surface area contributed by atoms with Gasteiger partial charge in [0.05, 0.1) is 49.0 Å². The standard InChI is InChI=1S/C43H45N11O5/c44-37-12-9-32-33(45-37)10-11-34(32)46-38(55)35-24-53(49-47-35)22-29-7-3-28(4-8-29)21-52-18-16-43(41(52)58)19-31(43)26-59-39(56)36-25-54(50-48-36)23-30-5-1-27(2-6-30)20-51-17-15-42(13-14-42)40(51)57/h1-9,12,24-25,31,34H,10-11,13-23,26H2,(H2,44,45)(H,46,55)/t31-,34?,43?/m1/s1. The van der Waals surface area contributed by atoms with Gasteiger partial charge in [-0.2, -0.15) is 0 Å². The fourth-order valence-corrected chi connectivity index (χ4v) is 9.21. The Bertz CT molecular complexity index is 2460. The smallest absolute Gasteiger partial charge is 0.360 e. The van der Waals surface area contributed by atoms with Crippen molar-refractivity contribution in [3.63, 3.8) is 0 Å². The van der Waals surface area contributed by atoms with E-state index in [0.29, 0.717) is 50.9 Å². The van der Waals surface area contributed by atoms with Crippen molar-refractivity contribution in [3.8, 4) is 0 Å². The zero-order valence-electron chi connectivity index (χ0n) is 32.6. The van der Waals surface area contributed by atoms with Crippen LogP contribution in [0.2, 0.25) is 0 Å². The number of amides is 3. The van der Waals surface area contributed by atoms with E-state index in [9.17, 15) is 19.2 Å². The van der Waals surface area contributed by atoms with Crippen LogP contribution in [0.3, 0.4) is 0 Å². The number of carbonyl (C=O) groups is 4. The van der Waals surface area contributed by atoms with Crippen LogP contribution in [-0.4, -0.2) is 88.2 Å². The maximum absolute atomic E-state index is 13.6. The summed E-state index contributed by atoms with van der Waals surface area (Å²) >= 11 is 0. The minimum atomic E-state index is -0.551. The van der Waals surface area contributed by atoms with Crippen LogP contribution in [0.25, 0.3) is 0 Å². The first kappa shape index (κ1) is 36.9. The van der Waals surface area contributed by atoms with Gasteiger partial charge in [-0.05, 0) is 78.8 Å². The van der Waals surface area contributed by atoms with Gasteiger partial charge in [0, 0.05) is 37.8 Å². The van der Waals surface area contributed by atoms with Gasteiger partial charge in [0.15, 0.2) is 11.4 Å². The molecule has 5 aliphatic rings. The average Bonchev–Trinajstić information content (AvgIpc) is 3.75. The molecule has 2 aliphatic heterocycles. The Morgan fingerprint density at radius 3 is 1.98 bits per heavy atom. The first-order valence-corrected chi connectivity index (χ1v) is 20.4. The fraction of sp³-hybridized carbons (Fsp3) is 0.419. The van der Waals surface area contributed by atoms with Crippen molar-refractivity contribution in [1.82, 2.24) is 50.1 Å². The highest BCUT2D eigenvalue weighted by molar-refractivity contribution is 5.92. The molecular formula is C43H45N11O5. The summed E-state index contributed by atoms with van der Waals surface area (Å²) in [5.41, 5.74) is 11.7. The summed E-state index contributed by atoms with van der Waals surface area (Å²) in [4.78, 5) is 60.3. The van der Waals surface area contributed by atoms with Gasteiger partial charge in [0.2, 0.25) is 11.8 Å². The van der Waals surface area contributed by atoms with E-state index in [1.807, 2.05) is 64.4 Å². The third kappa shape index (κ3) is 7.20. The van der Waals surface area contributed by atoms with Gasteiger partial charge in [-0.3, -0.25) is 14.4 Å². The number of anilines is 1. The molecule has 0 radical (unpaired) electrons. The number of ether oxygens (including phenoxy) is 1. The number of pyridine rings is 1. The van der Waals surface area contributed by atoms with Crippen LogP contribution < -0.4 is 11.1 Å². The molecule has 10 rings (SSSR count). The third-order valence-electron chi connectivity index (χ3n) is 13.0. The minimum Gasteiger partial charge on any atom is -0.461 e. The lowest BCUT2D eigenvalue weighted by Crippen LogP contribution is -2.28. The molecule has 302 valence electrons. The highest BCUT2D eigenvalue weighted by atomic mass is 16.5. The van der Waals surface area contributed by atoms with Crippen molar-refractivity contribution in [2.24, 2.45) is 16.7 Å². The maximum atomic E-state index is 13.6. The zero-order valence-corrected chi connectivity index (χ0v) is 32.6. The van der Waals surface area contributed by atoms with Crippen molar-refractivity contribution in [1.29, 1.82) is 0 Å². The number of esters is 1. The Kier molecular flexibility index (Phi) is 9.01. The molecule has 3 aliphatic carbocycles. The summed E-state index contributed by atoms with van der Waals surface area (Å²) in [5.74, 6) is 0.0193. The number of nitrogens with zero attached hydrogens (tertiary/aromatic N) is 9. The number of aromatic nitrogens is 7. The molecule has 16 nitrogen and oxygen atoms in total. The van der Waals surface area contributed by atoms with E-state index in [1.165, 1.54) is 0 Å². The topological polar surface area (TPSA) is 196 Å². The molecule has 3 amide bonds. The van der Waals surface area contributed by atoms with Gasteiger partial charge < -0.3 is 25.6 Å². The summed E-state index contributed by atoms with van der Waals surface area (Å²) in [6.45, 7) is 3.66. The van der Waals surface area contributed by atoms with Crippen molar-refractivity contribution < 1.29 is 23.9 Å². The molecule has 3 N–H and O–H groups in total. The Morgan fingerprint density at radius 1 is 0.746 bits per heavy atom. The molecule has 4 fully saturated rings. The first-order valence-electron chi connectivity index (χ1n) is 20.4. The molecule has 16 heteroatoms. The molecule has 5 heterocycles. The number of nitrogens with one attached hydrogen (secondary N) is 1. The second-order valence-corrected chi connectivity index (χ2v) is 17.0. The van der Waals surface area contributed by atoms with Gasteiger partial charge in [-0.15, -0.1) is 10.2 Å². The first-order chi connectivity index (χ1) is 28.6. The molecule has 3 atom stereocenters. The van der Waals surface area contributed by atoms with E-state index in [-0.39, 0.29) is 47.2 Å². The largest absolute Gasteiger partial charge is 0.461 e. The van der Waals surface area contributed by atoms with Crippen LogP contribution in [0.5, 0.6) is 0 Å². The Hall–Kier alpha value is -6.45. The number of rotatable bonds is 13. The molecule has 0 bridgehead atoms. The van der Waals surface area contributed by atoms with Crippen molar-refractivity contribution in [3.05, 3.63) is 118 Å². The molecule has 2 spiro atoms. The summed E-state index contributed by atoms with van der Waals surface area (Å²) in [6, 6.07) is 19.6. The van der Waals surface area contributed by atoms with Gasteiger partial charge in [-0.1, -0.05) is 65.0 Å². The molecule has 3 aromatic heterocycles. The number of hydrogen-bond acceptors (Lipinski definition) is 11. The maximum Gasteiger partial charge on any atom is 0.360 e. The van der Waals surface area contributed by atoms with Crippen LogP contribution in [0.15, 0.2) is 73.1 Å². The van der Waals surface area contributed by atoms with E-state index < -0.39 is 11.4 Å². The number of carbonyl (C=O) groups excluding carboxylic acids is 4. The average molecular weight is 796 g/mol. The highest BCUT2D eigenvalue weighted by Crippen LogP contribution is 2.59. The zero-order chi connectivity index (χ0) is 40.3. The van der Waals surface area contributed by atoms with Crippen LogP contribution in [-0.2, 0) is 46.9 Å². The Morgan fingerprint density at radius 2 is 1.34 bits per heavy atom. The Balaban J connectivity index is 0.662. The lowest BCUT2D eigenvalue weighted by molar-refractivity contribution is -0.133. The van der Waals surface area contributed by atoms with E-state index >= 15 is 0 Å². The summed E-state index contributed by atoms with van der Waals surface area (Å²) in [5, 5.41) is 19.5. The lowest BCUT2D eigenvalue weighted by atomic mass is 10.0. The third-order valence-corrected chi connectivity index (χ3v) is 13.0. The van der Waals surface area contributed by atoms with Crippen LogP contribution in [0.1, 0.15) is 99.1 Å². The number of benzene rings is 2. The molecule has 2 saturated heterocycles. The number of likely N-dealkylation sites (tertiary alicyclic amines) is 2. The van der Waals surface area contributed by atoms with E-state index in [0.717, 1.165) is 78.6 Å². The van der Waals surface area contributed by atoms with E-state index in [2.05, 4.69) is 30.9 Å². The number of nitrogen functional groups attached to an aromatic ring is 1. The predicted molar refractivity (Wildman–Crippen MR) is 211 cm³/mol. The number of hydrogen-bond donors (Lipinski definition) is 2. The monoisotopic (exact) mass is 795 g/mol. The van der Waals surface area contributed by atoms with Gasteiger partial charge in [0.1, 0.15) is 5.82 Å². The molecule has 59 heavy (non-hydrogen) atoms. The summed E-state index contributed by atoms with van der Waals surface area (Å²) in [6.07, 6.45) is 9.21. The van der Waals surface area contributed by atoms with E-state index in [1.54, 1.807) is 27.8 Å². The second kappa shape index (κ2) is 14.4. The van der Waals surface area contributed by atoms with Gasteiger partial charge >= 0.3 is 5.97 Å². The molecular weight excluding hydrogens is 751 g/mol. The van der Waals surface area contributed by atoms with Crippen molar-refractivity contribution >= 4 is 29.5 Å². The lowest BCUT2D eigenvalue weighted by Gasteiger charge is -2.17. The van der Waals surface area contributed by atoms with Crippen LogP contribution in [0, 0.1) is 16.7 Å². The van der Waals surface area contributed by atoms with Crippen LogP contribution >= 0.6 is 0 Å². The highest BCUT2D eigenvalue weighted by Gasteiger charge is 2.64. The van der Waals surface area contributed by atoms with Crippen LogP contribution in [0.4, 0.5) is 5.82 Å². The predicted octanol–water partition coefficient (Wildman–Crippen LogP) is 3.47. The van der Waals surface area contributed by atoms with E-state index in [4.69, 9.17) is 10.5 Å². The van der Waals surface area contributed by atoms with Gasteiger partial charge in [0.25, 0.3) is 5.91 Å². The second-order valence-electron chi connectivity index (χ2n) is 17.0. The quantitative estimate of drug-likeness (QED) is 0.166. The SMILES string of the molecule is Nc1ccc2c(n1)CCC2NC(=O)c1cn(Cc2ccc(CN3CCC4(C[C@@H]4COC(=O)c4cn(Cc5ccc(CN6CCC7(CC7)C6=O)cc5)nn4)C3=O)cc2)nn1. The number of aryl methyl sites for hydroxylation is 1.